The molecule has 0 saturated carbocycles. The Hall–Kier alpha value is -4.44. The average molecular weight is 1280 g/mol. The summed E-state index contributed by atoms with van der Waals surface area (Å²) >= 11 is -4.22. The molecule has 4 N–H and O–H groups in total. The summed E-state index contributed by atoms with van der Waals surface area (Å²) < 4.78 is 27.6. The topological polar surface area (TPSA) is 121 Å². The van der Waals surface area contributed by atoms with Gasteiger partial charge in [0.25, 0.3) is 0 Å². The third kappa shape index (κ3) is 12.1. The van der Waals surface area contributed by atoms with E-state index >= 15 is 0 Å². The maximum absolute atomic E-state index is 12.9. The number of phenols is 4. The molecule has 0 atom stereocenters. The first kappa shape index (κ1) is 56.5. The first-order valence-electron chi connectivity index (χ1n) is 24.1. The molecule has 0 radical (unpaired) electrons. The molecule has 6 aromatic carbocycles. The van der Waals surface area contributed by atoms with E-state index in [0.717, 1.165) is 85.7 Å². The Labute approximate surface area is 434 Å². The van der Waals surface area contributed by atoms with Gasteiger partial charge in [-0.05, 0) is 0 Å². The Balaban J connectivity index is 0.000000261. The van der Waals surface area contributed by atoms with Gasteiger partial charge >= 0.3 is 438 Å². The molecule has 6 aromatic rings. The first-order chi connectivity index (χ1) is 32.2. The van der Waals surface area contributed by atoms with Gasteiger partial charge in [-0.2, -0.15) is 0 Å². The first-order valence-corrected chi connectivity index (χ1v) is 29.4. The molecule has 6 nitrogen and oxygen atoms in total. The normalized spacial score (nSPS) is 12.3. The standard InChI is InChI=1S/2C31H38O2.2O.2W/c2*1-29(2,3)19-24-20(22-15-11-17-25(27(22)32)30(4,5)6)13-10-14-21(24)23-16-12-18-26(28(23)33)31(7,8)9;;;;/h2*10-18,32-33H,1-9H3;;;;/q;;2*+1;;. The minimum absolute atomic E-state index is 0.233. The number of hydrogen-bond acceptors (Lipinski definition) is 4. The molecule has 0 fully saturated rings. The summed E-state index contributed by atoms with van der Waals surface area (Å²) in [4.78, 5) is 0. The van der Waals surface area contributed by atoms with Crippen LogP contribution in [0.4, 0.5) is 0 Å². The van der Waals surface area contributed by atoms with Crippen LogP contribution in [0.25, 0.3) is 44.5 Å². The van der Waals surface area contributed by atoms with E-state index in [-0.39, 0.29) is 55.5 Å². The summed E-state index contributed by atoms with van der Waals surface area (Å²) in [6.45, 7) is 37.5. The summed E-state index contributed by atoms with van der Waals surface area (Å²) in [7, 11) is 0. The molecule has 6 rings (SSSR count). The van der Waals surface area contributed by atoms with Gasteiger partial charge in [-0.25, -0.2) is 0 Å². The minimum atomic E-state index is -2.11. The Morgan fingerprint density at radius 3 is 0.629 bits per heavy atom. The van der Waals surface area contributed by atoms with E-state index in [9.17, 15) is 26.9 Å². The Morgan fingerprint density at radius 1 is 0.300 bits per heavy atom. The van der Waals surface area contributed by atoms with Gasteiger partial charge < -0.3 is 0 Å². The fraction of sp³-hybridized carbons (Fsp3) is 0.387. The van der Waals surface area contributed by atoms with Crippen LogP contribution in [-0.2, 0) is 63.9 Å². The van der Waals surface area contributed by atoms with Crippen molar-refractivity contribution in [2.45, 2.75) is 146 Å². The van der Waals surface area contributed by atoms with E-state index < -0.39 is 35.8 Å². The van der Waals surface area contributed by atoms with Gasteiger partial charge in [0.15, 0.2) is 0 Å². The van der Waals surface area contributed by atoms with Crippen molar-refractivity contribution in [2.75, 3.05) is 0 Å². The van der Waals surface area contributed by atoms with Crippen molar-refractivity contribution in [2.24, 2.45) is 10.8 Å². The molecule has 0 aliphatic heterocycles. The zero-order chi connectivity index (χ0) is 52.7. The number of phenolic OH excluding ortho intramolecular Hbond substituents is 4. The molecule has 0 aromatic heterocycles. The second kappa shape index (κ2) is 21.0. The van der Waals surface area contributed by atoms with E-state index in [2.05, 4.69) is 125 Å². The van der Waals surface area contributed by atoms with E-state index in [1.165, 1.54) is 0 Å². The van der Waals surface area contributed by atoms with Crippen molar-refractivity contribution in [1.29, 1.82) is 0 Å². The predicted octanol–water partition coefficient (Wildman–Crippen LogP) is 16.0. The quantitative estimate of drug-likeness (QED) is 0.124. The van der Waals surface area contributed by atoms with Gasteiger partial charge in [0.1, 0.15) is 0 Å². The van der Waals surface area contributed by atoms with E-state index in [4.69, 9.17) is 0 Å². The van der Waals surface area contributed by atoms with Crippen molar-refractivity contribution in [3.63, 3.8) is 0 Å². The third-order valence-electron chi connectivity index (χ3n) is 12.6. The fourth-order valence-electron chi connectivity index (χ4n) is 9.04. The summed E-state index contributed by atoms with van der Waals surface area (Å²) in [5.41, 5.74) is 9.82. The van der Waals surface area contributed by atoms with Crippen LogP contribution in [0, 0.1) is 10.8 Å². The summed E-state index contributed by atoms with van der Waals surface area (Å²) in [5.74, 6) is 0.982. The van der Waals surface area contributed by atoms with Gasteiger partial charge in [0.05, 0.1) is 0 Å². The molecule has 70 heavy (non-hydrogen) atoms. The molecule has 0 saturated heterocycles. The van der Waals surface area contributed by atoms with Crippen LogP contribution < -0.4 is 0 Å². The van der Waals surface area contributed by atoms with E-state index in [0.29, 0.717) is 0 Å². The zero-order valence-electron chi connectivity index (χ0n) is 44.8. The molecular weight excluding hydrogens is 1210 g/mol. The second-order valence-electron chi connectivity index (χ2n) is 24.6. The summed E-state index contributed by atoms with van der Waals surface area (Å²) in [6, 6.07) is 35.3. The van der Waals surface area contributed by atoms with Crippen LogP contribution in [0.15, 0.2) is 109 Å². The number of aromatic hydroxyl groups is 4. The Kier molecular flexibility index (Phi) is 16.9. The van der Waals surface area contributed by atoms with Crippen LogP contribution in [0.5, 0.6) is 23.0 Å². The average Bonchev–Trinajstić information content (AvgIpc) is 3.22. The maximum atomic E-state index is 12.9. The van der Waals surface area contributed by atoms with Crippen molar-refractivity contribution in [3.8, 4) is 67.5 Å². The zero-order valence-corrected chi connectivity index (χ0v) is 50.7. The molecule has 8 heteroatoms. The Bertz CT molecular complexity index is 2770. The molecule has 370 valence electrons. The predicted molar refractivity (Wildman–Crippen MR) is 285 cm³/mol. The van der Waals surface area contributed by atoms with Crippen LogP contribution in [0.1, 0.15) is 158 Å². The van der Waals surface area contributed by atoms with Gasteiger partial charge in [-0.3, -0.25) is 0 Å². The monoisotopic (exact) mass is 1280 g/mol. The van der Waals surface area contributed by atoms with Gasteiger partial charge in [-0.1, -0.05) is 0 Å². The molecule has 0 bridgehead atoms. The number of hydrogen-bond donors (Lipinski definition) is 4. The molecular formula is C62H76O6W2+2. The van der Waals surface area contributed by atoms with Crippen LogP contribution in [-0.4, -0.2) is 28.2 Å². The van der Waals surface area contributed by atoms with Crippen molar-refractivity contribution in [3.05, 3.63) is 143 Å². The third-order valence-corrected chi connectivity index (χ3v) is 19.7. The van der Waals surface area contributed by atoms with Crippen LogP contribution in [0.2, 0.25) is 0 Å². The summed E-state index contributed by atoms with van der Waals surface area (Å²) in [5, 5.41) is 45.6. The number of rotatable bonds is 6. The molecule has 0 aliphatic carbocycles. The van der Waals surface area contributed by atoms with Crippen molar-refractivity contribution >= 4 is 7.80 Å². The SMILES string of the molecule is CC(C)(C)[C](=[W]#[O+])c1c(-c2cccc(C(C)(C)C)c2O)cccc1-c1cccc(C(C)(C)C)c1O.CC(C)(C)[C](=[W]#[O+])c1c(-c2cccc(C(C)(C)C)c2O)cccc1-c1cccc(C(C)(C)C)c1O. The number of benzene rings is 6. The van der Waals surface area contributed by atoms with Gasteiger partial charge in [-0.15, -0.1) is 0 Å². The molecule has 0 aliphatic rings. The fourth-order valence-corrected chi connectivity index (χ4v) is 13.0. The molecule has 0 spiro atoms. The van der Waals surface area contributed by atoms with Gasteiger partial charge in [0.2, 0.25) is 0 Å². The van der Waals surface area contributed by atoms with Gasteiger partial charge in [0, 0.05) is 0 Å². The molecule has 0 heterocycles. The van der Waals surface area contributed by atoms with Crippen molar-refractivity contribution in [1.82, 2.24) is 0 Å². The molecule has 0 amide bonds. The van der Waals surface area contributed by atoms with Crippen LogP contribution in [0.3, 0.4) is 0 Å². The second-order valence-corrected chi connectivity index (χ2v) is 28.7. The van der Waals surface area contributed by atoms with Crippen LogP contribution >= 0.6 is 0 Å². The number of para-hydroxylation sites is 4. The van der Waals surface area contributed by atoms with E-state index in [1.54, 1.807) is 0 Å². The van der Waals surface area contributed by atoms with Crippen molar-refractivity contribution < 1.29 is 62.7 Å². The van der Waals surface area contributed by atoms with E-state index in [1.807, 2.05) is 109 Å². The molecule has 0 unspecified atom stereocenters. The Morgan fingerprint density at radius 2 is 0.471 bits per heavy atom. The summed E-state index contributed by atoms with van der Waals surface area (Å²) in [6.07, 6.45) is 0.